The highest BCUT2D eigenvalue weighted by Gasteiger charge is 2.10. The summed E-state index contributed by atoms with van der Waals surface area (Å²) in [6.07, 6.45) is 0.641. The number of aromatic nitrogens is 2. The van der Waals surface area contributed by atoms with Gasteiger partial charge < -0.3 is 22.1 Å². The summed E-state index contributed by atoms with van der Waals surface area (Å²) in [5, 5.41) is 15.0. The monoisotopic (exact) mass is 343 g/mol. The third-order valence-electron chi connectivity index (χ3n) is 2.47. The van der Waals surface area contributed by atoms with Crippen LogP contribution in [0.25, 0.3) is 10.6 Å². The highest BCUT2D eigenvalue weighted by Crippen LogP contribution is 2.21. The molecule has 2 rings (SSSR count). The molecule has 0 saturated carbocycles. The zero-order valence-corrected chi connectivity index (χ0v) is 12.5. The molecule has 3 N–H and O–H groups in total. The number of aryl methyl sites for hydroxylation is 1. The number of carboxylic acids is 1. The SMILES string of the molecule is Nc1ccc(-c2cccs2)n[n+]1CCCC(=O)O.[Br-]. The Bertz CT molecular complexity index is 546. The second-order valence-corrected chi connectivity index (χ2v) is 4.79. The average molecular weight is 344 g/mol. The Balaban J connectivity index is 0.00000180. The van der Waals surface area contributed by atoms with Gasteiger partial charge >= 0.3 is 5.97 Å². The van der Waals surface area contributed by atoms with Crippen LogP contribution in [0.4, 0.5) is 5.82 Å². The van der Waals surface area contributed by atoms with Gasteiger partial charge in [0.25, 0.3) is 5.82 Å². The van der Waals surface area contributed by atoms with E-state index in [1.54, 1.807) is 22.1 Å². The fourth-order valence-corrected chi connectivity index (χ4v) is 2.28. The number of hydrogen-bond acceptors (Lipinski definition) is 4. The van der Waals surface area contributed by atoms with Crippen molar-refractivity contribution in [2.75, 3.05) is 5.73 Å². The van der Waals surface area contributed by atoms with E-state index in [1.807, 2.05) is 23.6 Å². The van der Waals surface area contributed by atoms with Crippen molar-refractivity contribution < 1.29 is 31.6 Å². The van der Waals surface area contributed by atoms with Crippen molar-refractivity contribution in [3.05, 3.63) is 29.6 Å². The zero-order valence-electron chi connectivity index (χ0n) is 10.1. The Labute approximate surface area is 125 Å². The molecule has 2 heterocycles. The van der Waals surface area contributed by atoms with Gasteiger partial charge in [-0.3, -0.25) is 10.5 Å². The van der Waals surface area contributed by atoms with E-state index in [9.17, 15) is 4.79 Å². The summed E-state index contributed by atoms with van der Waals surface area (Å²) >= 11 is 1.61. The van der Waals surface area contributed by atoms with Crippen LogP contribution >= 0.6 is 11.3 Å². The number of nitrogens with two attached hydrogens (primary N) is 1. The predicted molar refractivity (Wildman–Crippen MR) is 69.0 cm³/mol. The second-order valence-electron chi connectivity index (χ2n) is 3.84. The lowest BCUT2D eigenvalue weighted by Gasteiger charge is -2.02. The number of hydrogen-bond donors (Lipinski definition) is 2. The maximum atomic E-state index is 10.5. The van der Waals surface area contributed by atoms with E-state index >= 15 is 0 Å². The number of carbonyl (C=O) groups is 1. The summed E-state index contributed by atoms with van der Waals surface area (Å²) in [6, 6.07) is 7.62. The topological polar surface area (TPSA) is 80.1 Å². The van der Waals surface area contributed by atoms with Crippen molar-refractivity contribution in [3.63, 3.8) is 0 Å². The lowest BCUT2D eigenvalue weighted by molar-refractivity contribution is -0.739. The van der Waals surface area contributed by atoms with Gasteiger partial charge in [0.15, 0.2) is 0 Å². The van der Waals surface area contributed by atoms with Gasteiger partial charge in [0.2, 0.25) is 0 Å². The van der Waals surface area contributed by atoms with Crippen LogP contribution in [-0.4, -0.2) is 16.2 Å². The molecule has 0 aliphatic heterocycles. The minimum atomic E-state index is -0.802. The third-order valence-corrected chi connectivity index (χ3v) is 3.37. The van der Waals surface area contributed by atoms with E-state index in [0.717, 1.165) is 10.6 Å². The van der Waals surface area contributed by atoms with Gasteiger partial charge in [-0.2, -0.15) is 0 Å². The second kappa shape index (κ2) is 7.20. The zero-order chi connectivity index (χ0) is 13.0. The first-order chi connectivity index (χ1) is 8.66. The van der Waals surface area contributed by atoms with Crippen LogP contribution in [0.2, 0.25) is 0 Å². The standard InChI is InChI=1S/C12H13N3O2S.BrH/c13-11-6-5-9(10-3-2-8-18-10)14-15(11)7-1-4-12(16)17;/h2-3,5-6,8,13H,1,4,7H2,(H,16,17);1H. The van der Waals surface area contributed by atoms with E-state index in [1.165, 1.54) is 0 Å². The Morgan fingerprint density at radius 3 is 2.84 bits per heavy atom. The number of nitrogen functional groups attached to an aromatic ring is 1. The highest BCUT2D eigenvalue weighted by atomic mass is 79.9. The molecule has 19 heavy (non-hydrogen) atoms. The molecule has 0 aliphatic carbocycles. The molecular formula is C12H14BrN3O2S. The Kier molecular flexibility index (Phi) is 5.91. The van der Waals surface area contributed by atoms with E-state index in [0.29, 0.717) is 18.8 Å². The Morgan fingerprint density at radius 2 is 2.21 bits per heavy atom. The van der Waals surface area contributed by atoms with Crippen LogP contribution in [0.15, 0.2) is 29.6 Å². The number of carboxylic acid groups (broad SMARTS) is 1. The molecule has 0 unspecified atom stereocenters. The highest BCUT2D eigenvalue weighted by molar-refractivity contribution is 7.13. The lowest BCUT2D eigenvalue weighted by Crippen LogP contribution is -3.00. The Hall–Kier alpha value is -1.47. The molecule has 102 valence electrons. The molecule has 2 aromatic rings. The lowest BCUT2D eigenvalue weighted by atomic mass is 10.3. The molecule has 2 aromatic heterocycles. The van der Waals surface area contributed by atoms with Crippen LogP contribution in [0.5, 0.6) is 0 Å². The van der Waals surface area contributed by atoms with Crippen LogP contribution in [0, 0.1) is 0 Å². The summed E-state index contributed by atoms with van der Waals surface area (Å²) in [5.41, 5.74) is 6.67. The number of thiophene rings is 1. The van der Waals surface area contributed by atoms with Crippen molar-refractivity contribution in [3.8, 4) is 10.6 Å². The van der Waals surface area contributed by atoms with E-state index in [-0.39, 0.29) is 23.4 Å². The normalized spacial score (nSPS) is 9.89. The van der Waals surface area contributed by atoms with Gasteiger partial charge in [-0.25, -0.2) is 0 Å². The summed E-state index contributed by atoms with van der Waals surface area (Å²) in [5.74, 6) is -0.260. The maximum absolute atomic E-state index is 10.5. The third kappa shape index (κ3) is 4.29. The van der Waals surface area contributed by atoms with Gasteiger partial charge in [0.1, 0.15) is 12.2 Å². The Morgan fingerprint density at radius 1 is 1.42 bits per heavy atom. The van der Waals surface area contributed by atoms with Gasteiger partial charge in [-0.15, -0.1) is 16.0 Å². The van der Waals surface area contributed by atoms with Crippen molar-refractivity contribution >= 4 is 23.1 Å². The minimum Gasteiger partial charge on any atom is -1.00 e. The van der Waals surface area contributed by atoms with Gasteiger partial charge in [-0.1, -0.05) is 11.2 Å². The molecule has 0 aromatic carbocycles. The number of halogens is 1. The average Bonchev–Trinajstić information content (AvgIpc) is 2.84. The van der Waals surface area contributed by atoms with Crippen molar-refractivity contribution in [2.45, 2.75) is 19.4 Å². The number of rotatable bonds is 5. The number of nitrogens with zero attached hydrogens (tertiary/aromatic N) is 2. The molecule has 0 fully saturated rings. The van der Waals surface area contributed by atoms with Gasteiger partial charge in [0, 0.05) is 12.5 Å². The van der Waals surface area contributed by atoms with Crippen LogP contribution in [-0.2, 0) is 11.3 Å². The summed E-state index contributed by atoms with van der Waals surface area (Å²) in [4.78, 5) is 11.5. The largest absolute Gasteiger partial charge is 1.00 e. The molecule has 0 radical (unpaired) electrons. The summed E-state index contributed by atoms with van der Waals surface area (Å²) in [6.45, 7) is 0.511. The van der Waals surface area contributed by atoms with Crippen LogP contribution < -0.4 is 27.4 Å². The van der Waals surface area contributed by atoms with Crippen molar-refractivity contribution in [1.82, 2.24) is 5.10 Å². The molecule has 0 saturated heterocycles. The molecule has 0 atom stereocenters. The molecule has 0 spiro atoms. The molecule has 7 heteroatoms. The van der Waals surface area contributed by atoms with Crippen LogP contribution in [0.3, 0.4) is 0 Å². The molecule has 5 nitrogen and oxygen atoms in total. The van der Waals surface area contributed by atoms with Crippen LogP contribution in [0.1, 0.15) is 12.8 Å². The van der Waals surface area contributed by atoms with Crippen molar-refractivity contribution in [1.29, 1.82) is 0 Å². The first-order valence-electron chi connectivity index (χ1n) is 5.59. The van der Waals surface area contributed by atoms with E-state index < -0.39 is 5.97 Å². The number of aliphatic carboxylic acids is 1. The summed E-state index contributed by atoms with van der Waals surface area (Å²) in [7, 11) is 0. The van der Waals surface area contributed by atoms with Crippen molar-refractivity contribution in [2.24, 2.45) is 0 Å². The first kappa shape index (κ1) is 15.6. The molecule has 0 bridgehead atoms. The molecular weight excluding hydrogens is 330 g/mol. The van der Waals surface area contributed by atoms with E-state index in [2.05, 4.69) is 5.10 Å². The van der Waals surface area contributed by atoms with E-state index in [4.69, 9.17) is 10.8 Å². The molecule has 0 aliphatic rings. The van der Waals surface area contributed by atoms with Gasteiger partial charge in [-0.05, 0) is 23.9 Å². The first-order valence-corrected chi connectivity index (χ1v) is 6.47. The minimum absolute atomic E-state index is 0. The van der Waals surface area contributed by atoms with Gasteiger partial charge in [0.05, 0.1) is 4.88 Å². The number of anilines is 1. The molecule has 0 amide bonds. The smallest absolute Gasteiger partial charge is 0.303 e. The fourth-order valence-electron chi connectivity index (χ4n) is 1.59. The summed E-state index contributed by atoms with van der Waals surface area (Å²) < 4.78 is 1.65. The maximum Gasteiger partial charge on any atom is 0.303 e. The predicted octanol–water partition coefficient (Wildman–Crippen LogP) is -1.45. The fraction of sp³-hybridized carbons (Fsp3) is 0.250. The quantitative estimate of drug-likeness (QED) is 0.651.